The minimum Gasteiger partial charge on any atom is -0.490 e. The van der Waals surface area contributed by atoms with Crippen LogP contribution in [-0.4, -0.2) is 28.7 Å². The number of para-hydroxylation sites is 1. The number of carbonyl (C=O) groups excluding carboxylic acids is 1. The summed E-state index contributed by atoms with van der Waals surface area (Å²) < 4.78 is 5.47. The number of aryl methyl sites for hydroxylation is 1. The Hall–Kier alpha value is -2.40. The Morgan fingerprint density at radius 3 is 2.91 bits per heavy atom. The van der Waals surface area contributed by atoms with Crippen molar-refractivity contribution in [3.05, 3.63) is 59.9 Å². The summed E-state index contributed by atoms with van der Waals surface area (Å²) >= 11 is 0. The average molecular weight is 298 g/mol. The van der Waals surface area contributed by atoms with Crippen LogP contribution in [-0.2, 0) is 11.2 Å². The van der Waals surface area contributed by atoms with Crippen molar-refractivity contribution in [1.29, 1.82) is 0 Å². The van der Waals surface area contributed by atoms with E-state index < -0.39 is 12.1 Å². The third-order valence-corrected chi connectivity index (χ3v) is 3.70. The largest absolute Gasteiger partial charge is 0.490 e. The molecule has 0 spiro atoms. The quantitative estimate of drug-likeness (QED) is 0.900. The summed E-state index contributed by atoms with van der Waals surface area (Å²) in [7, 11) is 0. The van der Waals surface area contributed by atoms with E-state index >= 15 is 0 Å². The lowest BCUT2D eigenvalue weighted by Gasteiger charge is -2.31. The molecule has 1 amide bonds. The molecular weight excluding hydrogens is 280 g/mol. The normalized spacial score (nSPS) is 19.9. The predicted molar refractivity (Wildman–Crippen MR) is 81.4 cm³/mol. The van der Waals surface area contributed by atoms with Gasteiger partial charge in [0.2, 0.25) is 5.91 Å². The van der Waals surface area contributed by atoms with Gasteiger partial charge in [0.05, 0.1) is 6.04 Å². The Morgan fingerprint density at radius 2 is 2.09 bits per heavy atom. The number of amides is 1. The van der Waals surface area contributed by atoms with E-state index in [1.54, 1.807) is 6.20 Å². The third kappa shape index (κ3) is 3.26. The van der Waals surface area contributed by atoms with Crippen LogP contribution in [0.3, 0.4) is 0 Å². The topological polar surface area (TPSA) is 71.5 Å². The number of rotatable bonds is 4. The van der Waals surface area contributed by atoms with E-state index in [4.69, 9.17) is 4.74 Å². The van der Waals surface area contributed by atoms with Gasteiger partial charge in [-0.1, -0.05) is 24.3 Å². The van der Waals surface area contributed by atoms with Crippen molar-refractivity contribution in [1.82, 2.24) is 10.3 Å². The summed E-state index contributed by atoms with van der Waals surface area (Å²) in [6.45, 7) is 0.183. The van der Waals surface area contributed by atoms with Crippen LogP contribution < -0.4 is 10.1 Å². The van der Waals surface area contributed by atoms with Crippen molar-refractivity contribution in [2.24, 2.45) is 0 Å². The number of aliphatic hydroxyl groups is 1. The zero-order chi connectivity index (χ0) is 15.4. The molecule has 1 aromatic heterocycles. The van der Waals surface area contributed by atoms with Gasteiger partial charge in [-0.25, -0.2) is 0 Å². The first-order valence-electron chi connectivity index (χ1n) is 7.33. The number of hydrogen-bond acceptors (Lipinski definition) is 4. The number of carbonyl (C=O) groups is 1. The number of aromatic nitrogens is 1. The number of nitrogens with one attached hydrogen (secondary N) is 1. The first-order valence-corrected chi connectivity index (χ1v) is 7.33. The molecule has 2 heterocycles. The van der Waals surface area contributed by atoms with E-state index in [9.17, 15) is 9.90 Å². The molecule has 114 valence electrons. The molecule has 0 saturated carbocycles. The fraction of sp³-hybridized carbons (Fsp3) is 0.294. The van der Waals surface area contributed by atoms with Gasteiger partial charge in [-0.15, -0.1) is 0 Å². The predicted octanol–water partition coefficient (Wildman–Crippen LogP) is 1.62. The lowest BCUT2D eigenvalue weighted by molar-refractivity contribution is -0.123. The molecule has 2 aromatic rings. The molecule has 0 bridgehead atoms. The van der Waals surface area contributed by atoms with E-state index in [1.165, 1.54) is 0 Å². The smallest absolute Gasteiger partial charge is 0.220 e. The van der Waals surface area contributed by atoms with Crippen LogP contribution in [0, 0.1) is 0 Å². The number of nitrogens with zero attached hydrogens (tertiary/aromatic N) is 1. The van der Waals surface area contributed by atoms with Crippen molar-refractivity contribution < 1.29 is 14.6 Å². The van der Waals surface area contributed by atoms with Crippen LogP contribution in [0.15, 0.2) is 48.7 Å². The molecule has 3 rings (SSSR count). The Bertz CT molecular complexity index is 645. The van der Waals surface area contributed by atoms with Crippen LogP contribution >= 0.6 is 0 Å². The van der Waals surface area contributed by atoms with E-state index in [2.05, 4.69) is 10.3 Å². The SMILES string of the molecule is O=C(CCc1ccccn1)N[C@H]1c2ccccc2OCC1O. The minimum atomic E-state index is -0.742. The van der Waals surface area contributed by atoms with Gasteiger partial charge in [0.25, 0.3) is 0 Å². The van der Waals surface area contributed by atoms with Crippen LogP contribution in [0.25, 0.3) is 0 Å². The van der Waals surface area contributed by atoms with Crippen LogP contribution in [0.4, 0.5) is 0 Å². The molecule has 1 aromatic carbocycles. The van der Waals surface area contributed by atoms with Crippen molar-refractivity contribution in [2.75, 3.05) is 6.61 Å². The maximum absolute atomic E-state index is 12.1. The molecule has 0 fully saturated rings. The lowest BCUT2D eigenvalue weighted by Crippen LogP contribution is -2.42. The molecule has 2 N–H and O–H groups in total. The van der Waals surface area contributed by atoms with Crippen molar-refractivity contribution in [3.63, 3.8) is 0 Å². The first-order chi connectivity index (χ1) is 10.7. The van der Waals surface area contributed by atoms with Crippen molar-refractivity contribution >= 4 is 5.91 Å². The van der Waals surface area contributed by atoms with Crippen molar-refractivity contribution in [3.8, 4) is 5.75 Å². The van der Waals surface area contributed by atoms with Gasteiger partial charge < -0.3 is 15.2 Å². The van der Waals surface area contributed by atoms with Gasteiger partial charge >= 0.3 is 0 Å². The molecule has 22 heavy (non-hydrogen) atoms. The zero-order valence-corrected chi connectivity index (χ0v) is 12.1. The maximum Gasteiger partial charge on any atom is 0.220 e. The summed E-state index contributed by atoms with van der Waals surface area (Å²) in [4.78, 5) is 16.3. The number of aliphatic hydroxyl groups excluding tert-OH is 1. The van der Waals surface area contributed by atoms with Gasteiger partial charge in [-0.2, -0.15) is 0 Å². The molecule has 0 radical (unpaired) electrons. The number of ether oxygens (including phenoxy) is 1. The van der Waals surface area contributed by atoms with Gasteiger partial charge in [0.15, 0.2) is 0 Å². The van der Waals surface area contributed by atoms with Crippen LogP contribution in [0.2, 0.25) is 0 Å². The van der Waals surface area contributed by atoms with E-state index in [0.717, 1.165) is 11.3 Å². The Labute approximate surface area is 129 Å². The molecular formula is C17H18N2O3. The van der Waals surface area contributed by atoms with Gasteiger partial charge in [0.1, 0.15) is 18.5 Å². The van der Waals surface area contributed by atoms with Crippen LogP contribution in [0.1, 0.15) is 23.7 Å². The highest BCUT2D eigenvalue weighted by Crippen LogP contribution is 2.31. The molecule has 5 heteroatoms. The number of fused-ring (bicyclic) bond motifs is 1. The number of pyridine rings is 1. The van der Waals surface area contributed by atoms with E-state index in [-0.39, 0.29) is 12.5 Å². The minimum absolute atomic E-state index is 0.105. The van der Waals surface area contributed by atoms with Gasteiger partial charge in [-0.05, 0) is 24.6 Å². The van der Waals surface area contributed by atoms with Crippen LogP contribution in [0.5, 0.6) is 5.75 Å². The van der Waals surface area contributed by atoms with E-state index in [0.29, 0.717) is 18.6 Å². The highest BCUT2D eigenvalue weighted by molar-refractivity contribution is 5.77. The van der Waals surface area contributed by atoms with E-state index in [1.807, 2.05) is 42.5 Å². The molecule has 1 aliphatic heterocycles. The lowest BCUT2D eigenvalue weighted by atomic mass is 9.98. The molecule has 1 unspecified atom stereocenters. The highest BCUT2D eigenvalue weighted by atomic mass is 16.5. The van der Waals surface area contributed by atoms with Crippen molar-refractivity contribution in [2.45, 2.75) is 25.0 Å². The molecule has 0 aliphatic carbocycles. The summed E-state index contributed by atoms with van der Waals surface area (Å²) in [6, 6.07) is 12.7. The Morgan fingerprint density at radius 1 is 1.27 bits per heavy atom. The molecule has 0 saturated heterocycles. The van der Waals surface area contributed by atoms with Gasteiger partial charge in [-0.3, -0.25) is 9.78 Å². The second-order valence-electron chi connectivity index (χ2n) is 5.28. The molecule has 2 atom stereocenters. The Balaban J connectivity index is 1.64. The zero-order valence-electron chi connectivity index (χ0n) is 12.1. The first kappa shape index (κ1) is 14.5. The standard InChI is InChI=1S/C17H18N2O3/c20-14-11-22-15-7-2-1-6-13(15)17(14)19-16(21)9-8-12-5-3-4-10-18-12/h1-7,10,14,17,20H,8-9,11H2,(H,19,21)/t14?,17-/m0/s1. The maximum atomic E-state index is 12.1. The second kappa shape index (κ2) is 6.58. The summed E-state index contributed by atoms with van der Waals surface area (Å²) in [6.07, 6.45) is 1.89. The fourth-order valence-electron chi connectivity index (χ4n) is 2.55. The fourth-order valence-corrected chi connectivity index (χ4v) is 2.55. The second-order valence-corrected chi connectivity index (χ2v) is 5.28. The summed E-state index contributed by atoms with van der Waals surface area (Å²) in [5.41, 5.74) is 1.69. The highest BCUT2D eigenvalue weighted by Gasteiger charge is 2.30. The molecule has 1 aliphatic rings. The Kier molecular flexibility index (Phi) is 4.34. The number of hydrogen-bond donors (Lipinski definition) is 2. The van der Waals surface area contributed by atoms with Gasteiger partial charge in [0, 0.05) is 23.9 Å². The third-order valence-electron chi connectivity index (χ3n) is 3.70. The summed E-state index contributed by atoms with van der Waals surface area (Å²) in [5, 5.41) is 13.0. The monoisotopic (exact) mass is 298 g/mol. The summed E-state index contributed by atoms with van der Waals surface area (Å²) in [5.74, 6) is 0.606. The molecule has 5 nitrogen and oxygen atoms in total. The number of benzene rings is 1. The average Bonchev–Trinajstić information content (AvgIpc) is 2.56.